The molecule has 1 atom stereocenters. The molecule has 0 radical (unpaired) electrons. The van der Waals surface area contributed by atoms with Crippen LogP contribution in [0.15, 0.2) is 33.2 Å². The van der Waals surface area contributed by atoms with Crippen molar-refractivity contribution in [2.24, 2.45) is 0 Å². The van der Waals surface area contributed by atoms with Crippen LogP contribution < -0.4 is 5.32 Å². The van der Waals surface area contributed by atoms with Crippen LogP contribution in [0, 0.1) is 6.92 Å². The van der Waals surface area contributed by atoms with Gasteiger partial charge in [-0.1, -0.05) is 45.7 Å². The monoisotopic (exact) mass is 429 g/mol. The molecular weight excluding hydrogens is 410 g/mol. The Hall–Kier alpha value is -0.160. The summed E-state index contributed by atoms with van der Waals surface area (Å²) in [5, 5.41) is 3.69. The summed E-state index contributed by atoms with van der Waals surface area (Å²) in [6.45, 7) is 7.55. The third-order valence-electron chi connectivity index (χ3n) is 3.50. The third-order valence-corrected chi connectivity index (χ3v) is 6.34. The summed E-state index contributed by atoms with van der Waals surface area (Å²) in [7, 11) is 0. The van der Waals surface area contributed by atoms with Gasteiger partial charge in [0.05, 0.1) is 6.04 Å². The van der Waals surface area contributed by atoms with Crippen LogP contribution in [0.3, 0.4) is 0 Å². The Morgan fingerprint density at radius 2 is 1.90 bits per heavy atom. The number of hydrogen-bond acceptors (Lipinski definition) is 2. The van der Waals surface area contributed by atoms with Crippen LogP contribution in [0.1, 0.15) is 47.2 Å². The van der Waals surface area contributed by atoms with Crippen molar-refractivity contribution in [1.82, 2.24) is 5.32 Å². The zero-order valence-electron chi connectivity index (χ0n) is 12.7. The molecule has 0 aliphatic heterocycles. The molecule has 1 N–H and O–H groups in total. The van der Waals surface area contributed by atoms with Crippen LogP contribution in [0.4, 0.5) is 0 Å². The number of nitrogens with one attached hydrogen (secondary N) is 1. The lowest BCUT2D eigenvalue weighted by Crippen LogP contribution is -2.22. The van der Waals surface area contributed by atoms with Gasteiger partial charge in [-0.05, 0) is 61.7 Å². The highest BCUT2D eigenvalue weighted by Gasteiger charge is 2.19. The number of aryl methyl sites for hydroxylation is 2. The second-order valence-corrected chi connectivity index (χ2v) is 8.08. The molecule has 2 aromatic rings. The zero-order chi connectivity index (χ0) is 15.4. The fourth-order valence-electron chi connectivity index (χ4n) is 2.28. The molecule has 0 saturated heterocycles. The molecule has 0 bridgehead atoms. The first-order chi connectivity index (χ1) is 10.1. The average Bonchev–Trinajstić information content (AvgIpc) is 2.93. The molecule has 21 heavy (non-hydrogen) atoms. The van der Waals surface area contributed by atoms with E-state index in [-0.39, 0.29) is 6.04 Å². The predicted molar refractivity (Wildman–Crippen MR) is 100 cm³/mol. The molecular formula is C17H21Br2NS. The molecule has 0 spiro atoms. The van der Waals surface area contributed by atoms with Crippen molar-refractivity contribution >= 4 is 43.2 Å². The first-order valence-corrected chi connectivity index (χ1v) is 9.74. The zero-order valence-corrected chi connectivity index (χ0v) is 16.7. The van der Waals surface area contributed by atoms with Crippen molar-refractivity contribution < 1.29 is 0 Å². The van der Waals surface area contributed by atoms with Gasteiger partial charge in [0.25, 0.3) is 0 Å². The highest BCUT2D eigenvalue weighted by molar-refractivity contribution is 9.11. The summed E-state index contributed by atoms with van der Waals surface area (Å²) < 4.78 is 2.33. The molecule has 2 rings (SSSR count). The van der Waals surface area contributed by atoms with Gasteiger partial charge >= 0.3 is 0 Å². The lowest BCUT2D eigenvalue weighted by atomic mass is 10.0. The number of thiophene rings is 1. The summed E-state index contributed by atoms with van der Waals surface area (Å²) in [6, 6.07) is 9.18. The Kier molecular flexibility index (Phi) is 6.48. The summed E-state index contributed by atoms with van der Waals surface area (Å²) >= 11 is 9.31. The van der Waals surface area contributed by atoms with E-state index in [9.17, 15) is 0 Å². The van der Waals surface area contributed by atoms with Crippen LogP contribution >= 0.6 is 43.2 Å². The third kappa shape index (κ3) is 4.19. The Morgan fingerprint density at radius 3 is 2.52 bits per heavy atom. The van der Waals surface area contributed by atoms with Crippen molar-refractivity contribution in [1.29, 1.82) is 0 Å². The van der Waals surface area contributed by atoms with Crippen molar-refractivity contribution in [2.75, 3.05) is 6.54 Å². The van der Waals surface area contributed by atoms with Crippen LogP contribution in [0.2, 0.25) is 0 Å². The van der Waals surface area contributed by atoms with E-state index in [1.165, 1.54) is 25.4 Å². The SMILES string of the molecule is CCCNC(c1ccc(CC)s1)c1cc(Br)c(C)cc1Br. The van der Waals surface area contributed by atoms with E-state index in [0.29, 0.717) is 0 Å². The predicted octanol–water partition coefficient (Wildman–Crippen LogP) is 6.23. The fourth-order valence-corrected chi connectivity index (χ4v) is 4.37. The lowest BCUT2D eigenvalue weighted by molar-refractivity contribution is 0.604. The topological polar surface area (TPSA) is 12.0 Å². The Bertz CT molecular complexity index is 607. The second kappa shape index (κ2) is 7.91. The van der Waals surface area contributed by atoms with Crippen LogP contribution in [0.5, 0.6) is 0 Å². The number of rotatable bonds is 6. The summed E-state index contributed by atoms with van der Waals surface area (Å²) in [5.41, 5.74) is 2.55. The Balaban J connectivity index is 2.42. The van der Waals surface area contributed by atoms with E-state index in [1.54, 1.807) is 0 Å². The molecule has 0 aliphatic rings. The van der Waals surface area contributed by atoms with Gasteiger partial charge in [-0.2, -0.15) is 0 Å². The highest BCUT2D eigenvalue weighted by atomic mass is 79.9. The quantitative estimate of drug-likeness (QED) is 0.572. The highest BCUT2D eigenvalue weighted by Crippen LogP contribution is 2.35. The maximum atomic E-state index is 3.74. The van der Waals surface area contributed by atoms with E-state index >= 15 is 0 Å². The van der Waals surface area contributed by atoms with Crippen LogP contribution in [0.25, 0.3) is 0 Å². The smallest absolute Gasteiger partial charge is 0.0682 e. The number of halogens is 2. The van der Waals surface area contributed by atoms with Gasteiger partial charge in [-0.25, -0.2) is 0 Å². The lowest BCUT2D eigenvalue weighted by Gasteiger charge is -2.20. The minimum absolute atomic E-state index is 0.251. The van der Waals surface area contributed by atoms with Gasteiger partial charge in [0, 0.05) is 18.7 Å². The van der Waals surface area contributed by atoms with Crippen molar-refractivity contribution in [3.8, 4) is 0 Å². The maximum absolute atomic E-state index is 3.74. The van der Waals surface area contributed by atoms with Gasteiger partial charge in [0.15, 0.2) is 0 Å². The molecule has 1 aromatic carbocycles. The second-order valence-electron chi connectivity index (χ2n) is 5.17. The van der Waals surface area contributed by atoms with Crippen molar-refractivity contribution in [3.63, 3.8) is 0 Å². The molecule has 0 fully saturated rings. The van der Waals surface area contributed by atoms with E-state index in [4.69, 9.17) is 0 Å². The summed E-state index contributed by atoms with van der Waals surface area (Å²) in [6.07, 6.45) is 2.23. The Morgan fingerprint density at radius 1 is 1.14 bits per heavy atom. The molecule has 1 heterocycles. The minimum Gasteiger partial charge on any atom is -0.306 e. The molecule has 1 nitrogen and oxygen atoms in total. The standard InChI is InChI=1S/C17H21Br2NS/c1-4-8-20-17(16-7-6-12(5-2)21-16)13-10-14(18)11(3)9-15(13)19/h6-7,9-10,17,20H,4-5,8H2,1-3H3. The van der Waals surface area contributed by atoms with E-state index in [0.717, 1.165) is 23.9 Å². The van der Waals surface area contributed by atoms with Crippen molar-refractivity contribution in [3.05, 3.63) is 54.1 Å². The molecule has 0 saturated carbocycles. The summed E-state index contributed by atoms with van der Waals surface area (Å²) in [4.78, 5) is 2.83. The fraction of sp³-hybridized carbons (Fsp3) is 0.412. The molecule has 114 valence electrons. The maximum Gasteiger partial charge on any atom is 0.0682 e. The van der Waals surface area contributed by atoms with Gasteiger partial charge in [-0.15, -0.1) is 11.3 Å². The molecule has 1 unspecified atom stereocenters. The first-order valence-electron chi connectivity index (χ1n) is 7.34. The average molecular weight is 431 g/mol. The van der Waals surface area contributed by atoms with Gasteiger partial charge in [0.2, 0.25) is 0 Å². The van der Waals surface area contributed by atoms with E-state index in [2.05, 4.69) is 82.2 Å². The van der Waals surface area contributed by atoms with Gasteiger partial charge in [0.1, 0.15) is 0 Å². The normalized spacial score (nSPS) is 12.6. The first kappa shape index (κ1) is 17.2. The van der Waals surface area contributed by atoms with E-state index in [1.807, 2.05) is 11.3 Å². The Labute approximate surface area is 148 Å². The molecule has 4 heteroatoms. The van der Waals surface area contributed by atoms with Crippen LogP contribution in [-0.4, -0.2) is 6.54 Å². The number of hydrogen-bond donors (Lipinski definition) is 1. The number of benzene rings is 1. The summed E-state index contributed by atoms with van der Waals surface area (Å²) in [5.74, 6) is 0. The van der Waals surface area contributed by atoms with Crippen LogP contribution in [-0.2, 0) is 6.42 Å². The minimum atomic E-state index is 0.251. The van der Waals surface area contributed by atoms with Gasteiger partial charge < -0.3 is 5.32 Å². The largest absolute Gasteiger partial charge is 0.306 e. The molecule has 1 aromatic heterocycles. The van der Waals surface area contributed by atoms with E-state index < -0.39 is 0 Å². The van der Waals surface area contributed by atoms with Gasteiger partial charge in [-0.3, -0.25) is 0 Å². The van der Waals surface area contributed by atoms with Crippen molar-refractivity contribution in [2.45, 2.75) is 39.7 Å². The molecule has 0 aliphatic carbocycles. The molecule has 0 amide bonds.